The van der Waals surface area contributed by atoms with Crippen molar-refractivity contribution in [3.63, 3.8) is 0 Å². The molecule has 1 unspecified atom stereocenters. The van der Waals surface area contributed by atoms with Crippen LogP contribution in [0.15, 0.2) is 0 Å². The fourth-order valence-electron chi connectivity index (χ4n) is 1.05. The highest BCUT2D eigenvalue weighted by atomic mass is 19.4. The summed E-state index contributed by atoms with van der Waals surface area (Å²) in [5.41, 5.74) is 4.19. The molecule has 0 aliphatic rings. The van der Waals surface area contributed by atoms with Gasteiger partial charge in [0, 0.05) is 13.2 Å². The van der Waals surface area contributed by atoms with Crippen molar-refractivity contribution in [3.8, 4) is 0 Å². The Balaban J connectivity index is 3.77. The molecule has 0 rings (SSSR count). The molecule has 0 aromatic rings. The lowest BCUT2D eigenvalue weighted by molar-refractivity contribution is -0.174. The molecule has 0 aromatic carbocycles. The summed E-state index contributed by atoms with van der Waals surface area (Å²) < 4.78 is 39.4. The van der Waals surface area contributed by atoms with E-state index in [0.717, 1.165) is 0 Å². The molecule has 0 aromatic heterocycles. The summed E-state index contributed by atoms with van der Waals surface area (Å²) in [6.45, 7) is -0.0253. The first-order valence-electron chi connectivity index (χ1n) is 4.79. The predicted octanol–water partition coefficient (Wildman–Crippen LogP) is 1.40. The molecule has 0 fully saturated rings. The van der Waals surface area contributed by atoms with Gasteiger partial charge in [0.05, 0.1) is 5.41 Å². The van der Waals surface area contributed by atoms with E-state index in [1.165, 1.54) is 6.92 Å². The smallest absolute Gasteiger partial charge is 0.411 e. The Morgan fingerprint density at radius 3 is 2.38 bits per heavy atom. The van der Waals surface area contributed by atoms with Gasteiger partial charge in [-0.3, -0.25) is 4.79 Å². The van der Waals surface area contributed by atoms with Crippen molar-refractivity contribution in [3.05, 3.63) is 0 Å². The highest BCUT2D eigenvalue weighted by Crippen LogP contribution is 2.22. The van der Waals surface area contributed by atoms with Crippen molar-refractivity contribution in [2.75, 3.05) is 19.8 Å². The number of aliphatic carboxylic acids is 1. The second-order valence-electron chi connectivity index (χ2n) is 3.84. The molecule has 0 spiro atoms. The van der Waals surface area contributed by atoms with Gasteiger partial charge >= 0.3 is 12.1 Å². The number of ether oxygens (including phenoxy) is 1. The van der Waals surface area contributed by atoms with Crippen molar-refractivity contribution in [1.29, 1.82) is 0 Å². The van der Waals surface area contributed by atoms with Crippen LogP contribution in [0.4, 0.5) is 13.2 Å². The fraction of sp³-hybridized carbons (Fsp3) is 0.889. The van der Waals surface area contributed by atoms with Gasteiger partial charge in [-0.25, -0.2) is 0 Å². The van der Waals surface area contributed by atoms with Crippen LogP contribution in [0.5, 0.6) is 0 Å². The predicted molar refractivity (Wildman–Crippen MR) is 50.9 cm³/mol. The van der Waals surface area contributed by atoms with Gasteiger partial charge in [-0.1, -0.05) is 0 Å². The minimum Gasteiger partial charge on any atom is -0.481 e. The van der Waals surface area contributed by atoms with Crippen molar-refractivity contribution >= 4 is 5.97 Å². The molecule has 4 nitrogen and oxygen atoms in total. The summed E-state index contributed by atoms with van der Waals surface area (Å²) in [7, 11) is 0. The first kappa shape index (κ1) is 15.2. The molecule has 0 bridgehead atoms. The summed E-state index contributed by atoms with van der Waals surface area (Å²) >= 11 is 0. The Labute approximate surface area is 91.6 Å². The normalized spacial score (nSPS) is 15.8. The van der Waals surface area contributed by atoms with Crippen molar-refractivity contribution < 1.29 is 27.8 Å². The molecule has 0 aliphatic heterocycles. The minimum absolute atomic E-state index is 0.0540. The van der Waals surface area contributed by atoms with E-state index in [4.69, 9.17) is 10.8 Å². The molecule has 96 valence electrons. The number of hydrogen-bond acceptors (Lipinski definition) is 3. The molecule has 0 saturated carbocycles. The number of carboxylic acid groups (broad SMARTS) is 1. The molecular formula is C9H16F3NO3. The zero-order valence-corrected chi connectivity index (χ0v) is 9.01. The van der Waals surface area contributed by atoms with E-state index >= 15 is 0 Å². The average molecular weight is 243 g/mol. The molecule has 1 atom stereocenters. The van der Waals surface area contributed by atoms with Gasteiger partial charge in [-0.2, -0.15) is 13.2 Å². The monoisotopic (exact) mass is 243 g/mol. The number of carboxylic acids is 1. The molecule has 3 N–H and O–H groups in total. The van der Waals surface area contributed by atoms with Crippen LogP contribution in [0, 0.1) is 5.41 Å². The van der Waals surface area contributed by atoms with Crippen molar-refractivity contribution in [1.82, 2.24) is 0 Å². The number of alkyl halides is 3. The summed E-state index contributed by atoms with van der Waals surface area (Å²) in [5.74, 6) is -1.05. The molecular weight excluding hydrogens is 227 g/mol. The molecule has 0 heterocycles. The van der Waals surface area contributed by atoms with Crippen LogP contribution in [-0.4, -0.2) is 37.0 Å². The summed E-state index contributed by atoms with van der Waals surface area (Å²) in [6, 6.07) is 0. The van der Waals surface area contributed by atoms with E-state index in [9.17, 15) is 18.0 Å². The zero-order chi connectivity index (χ0) is 12.8. The summed E-state index contributed by atoms with van der Waals surface area (Å²) in [6.07, 6.45) is -3.92. The largest absolute Gasteiger partial charge is 0.481 e. The van der Waals surface area contributed by atoms with Crippen LogP contribution < -0.4 is 5.73 Å². The lowest BCUT2D eigenvalue weighted by Crippen LogP contribution is -2.35. The molecule has 0 amide bonds. The number of carbonyl (C=O) groups is 1. The van der Waals surface area contributed by atoms with E-state index in [1.807, 2.05) is 0 Å². The highest BCUT2D eigenvalue weighted by molar-refractivity contribution is 5.74. The Morgan fingerprint density at radius 1 is 1.44 bits per heavy atom. The van der Waals surface area contributed by atoms with Gasteiger partial charge in [0.1, 0.15) is 6.61 Å². The second kappa shape index (κ2) is 6.05. The van der Waals surface area contributed by atoms with Crippen molar-refractivity contribution in [2.45, 2.75) is 25.9 Å². The van der Waals surface area contributed by atoms with Crippen LogP contribution >= 0.6 is 0 Å². The maximum Gasteiger partial charge on any atom is 0.411 e. The molecule has 16 heavy (non-hydrogen) atoms. The van der Waals surface area contributed by atoms with Crippen molar-refractivity contribution in [2.24, 2.45) is 11.1 Å². The van der Waals surface area contributed by atoms with Gasteiger partial charge in [-0.05, 0) is 19.8 Å². The highest BCUT2D eigenvalue weighted by Gasteiger charge is 2.31. The standard InChI is InChI=1S/C9H16F3NO3/c1-8(5-13,7(14)15)3-2-4-16-6-9(10,11)12/h2-6,13H2,1H3,(H,14,15). The van der Waals surface area contributed by atoms with E-state index in [0.29, 0.717) is 0 Å². The lowest BCUT2D eigenvalue weighted by atomic mass is 9.86. The van der Waals surface area contributed by atoms with Gasteiger partial charge in [0.15, 0.2) is 0 Å². The first-order valence-corrected chi connectivity index (χ1v) is 4.79. The summed E-state index contributed by atoms with van der Waals surface area (Å²) in [5, 5.41) is 8.82. The van der Waals surface area contributed by atoms with Crippen LogP contribution in [0.3, 0.4) is 0 Å². The SMILES string of the molecule is CC(CN)(CCCOCC(F)(F)F)C(=O)O. The van der Waals surface area contributed by atoms with Crippen LogP contribution in [-0.2, 0) is 9.53 Å². The Bertz CT molecular complexity index is 233. The molecule has 0 radical (unpaired) electrons. The topological polar surface area (TPSA) is 72.5 Å². The zero-order valence-electron chi connectivity index (χ0n) is 9.01. The number of hydrogen-bond donors (Lipinski definition) is 2. The summed E-state index contributed by atoms with van der Waals surface area (Å²) in [4.78, 5) is 10.8. The lowest BCUT2D eigenvalue weighted by Gasteiger charge is -2.22. The van der Waals surface area contributed by atoms with Gasteiger partial charge < -0.3 is 15.6 Å². The van der Waals surface area contributed by atoms with Gasteiger partial charge in [0.2, 0.25) is 0 Å². The van der Waals surface area contributed by atoms with Crippen LogP contribution in [0.1, 0.15) is 19.8 Å². The maximum atomic E-state index is 11.7. The number of rotatable bonds is 7. The maximum absolute atomic E-state index is 11.7. The second-order valence-corrected chi connectivity index (χ2v) is 3.84. The Morgan fingerprint density at radius 2 is 2.00 bits per heavy atom. The van der Waals surface area contributed by atoms with E-state index in [2.05, 4.69) is 4.74 Å². The molecule has 7 heteroatoms. The number of nitrogens with two attached hydrogens (primary N) is 1. The van der Waals surface area contributed by atoms with E-state index in [1.54, 1.807) is 0 Å². The average Bonchev–Trinajstić information content (AvgIpc) is 2.14. The molecule has 0 aliphatic carbocycles. The third kappa shape index (κ3) is 5.92. The Kier molecular flexibility index (Phi) is 5.74. The third-order valence-electron chi connectivity index (χ3n) is 2.25. The van der Waals surface area contributed by atoms with E-state index in [-0.39, 0.29) is 26.0 Å². The number of halogens is 3. The van der Waals surface area contributed by atoms with Gasteiger partial charge in [0.25, 0.3) is 0 Å². The van der Waals surface area contributed by atoms with Gasteiger partial charge in [-0.15, -0.1) is 0 Å². The van der Waals surface area contributed by atoms with Crippen LogP contribution in [0.25, 0.3) is 0 Å². The third-order valence-corrected chi connectivity index (χ3v) is 2.25. The van der Waals surface area contributed by atoms with Crippen LogP contribution in [0.2, 0.25) is 0 Å². The quantitative estimate of drug-likeness (QED) is 0.663. The Hall–Kier alpha value is -0.820. The minimum atomic E-state index is -4.34. The molecule has 0 saturated heterocycles. The fourth-order valence-corrected chi connectivity index (χ4v) is 1.05. The van der Waals surface area contributed by atoms with E-state index < -0.39 is 24.2 Å². The first-order chi connectivity index (χ1) is 7.21.